The van der Waals surface area contributed by atoms with E-state index in [0.29, 0.717) is 0 Å². The van der Waals surface area contributed by atoms with E-state index in [1.165, 1.54) is 0 Å². The molecule has 0 saturated carbocycles. The van der Waals surface area contributed by atoms with E-state index in [1.54, 1.807) is 10.9 Å². The van der Waals surface area contributed by atoms with Gasteiger partial charge in [-0.15, -0.1) is 0 Å². The maximum atomic E-state index is 6.43. The van der Waals surface area contributed by atoms with Gasteiger partial charge in [0.2, 0.25) is 0 Å². The largest absolute Gasteiger partial charge is 0.375 e. The van der Waals surface area contributed by atoms with E-state index >= 15 is 0 Å². The standard InChI is InChI=1S/C16H24ClN5O/c1-3-15-14(16(17)20(2)19-15)12-21-7-5-9-23-13(10-21)11-22-8-4-6-18-22/h4,6,8,13H,3,5,7,9-12H2,1-2H3. The zero-order valence-corrected chi connectivity index (χ0v) is 14.5. The lowest BCUT2D eigenvalue weighted by molar-refractivity contribution is 0.0391. The van der Waals surface area contributed by atoms with E-state index in [9.17, 15) is 0 Å². The van der Waals surface area contributed by atoms with Crippen molar-refractivity contribution in [2.45, 2.75) is 39.0 Å². The fraction of sp³-hybridized carbons (Fsp3) is 0.625. The SMILES string of the molecule is CCc1nn(C)c(Cl)c1CN1CCCOC(Cn2cccn2)C1. The van der Waals surface area contributed by atoms with E-state index in [0.717, 1.165) is 62.0 Å². The first-order valence-corrected chi connectivity index (χ1v) is 8.56. The van der Waals surface area contributed by atoms with E-state index < -0.39 is 0 Å². The van der Waals surface area contributed by atoms with Crippen LogP contribution in [0.1, 0.15) is 24.6 Å². The van der Waals surface area contributed by atoms with Crippen LogP contribution in [0, 0.1) is 0 Å². The van der Waals surface area contributed by atoms with Gasteiger partial charge in [0, 0.05) is 51.2 Å². The molecule has 0 bridgehead atoms. The molecule has 6 nitrogen and oxygen atoms in total. The Bertz CT molecular complexity index is 625. The van der Waals surface area contributed by atoms with E-state index in [2.05, 4.69) is 22.0 Å². The van der Waals surface area contributed by atoms with Crippen LogP contribution in [0.2, 0.25) is 5.15 Å². The Hall–Kier alpha value is -1.37. The van der Waals surface area contributed by atoms with Gasteiger partial charge in [-0.3, -0.25) is 14.3 Å². The predicted octanol–water partition coefficient (Wildman–Crippen LogP) is 2.12. The highest BCUT2D eigenvalue weighted by molar-refractivity contribution is 6.30. The predicted molar refractivity (Wildman–Crippen MR) is 89.5 cm³/mol. The van der Waals surface area contributed by atoms with Crippen molar-refractivity contribution in [1.82, 2.24) is 24.5 Å². The van der Waals surface area contributed by atoms with Crippen molar-refractivity contribution >= 4 is 11.6 Å². The van der Waals surface area contributed by atoms with Crippen molar-refractivity contribution in [2.24, 2.45) is 7.05 Å². The summed E-state index contributed by atoms with van der Waals surface area (Å²) in [6.45, 7) is 6.43. The normalized spacial score (nSPS) is 19.9. The molecule has 0 spiro atoms. The number of hydrogen-bond acceptors (Lipinski definition) is 4. The molecule has 2 aromatic rings. The Morgan fingerprint density at radius 2 is 2.30 bits per heavy atom. The summed E-state index contributed by atoms with van der Waals surface area (Å²) in [6, 6.07) is 1.94. The number of ether oxygens (including phenoxy) is 1. The summed E-state index contributed by atoms with van der Waals surface area (Å²) in [6.07, 6.45) is 5.87. The summed E-state index contributed by atoms with van der Waals surface area (Å²) in [5.41, 5.74) is 2.24. The van der Waals surface area contributed by atoms with Gasteiger partial charge in [-0.1, -0.05) is 18.5 Å². The smallest absolute Gasteiger partial charge is 0.131 e. The summed E-state index contributed by atoms with van der Waals surface area (Å²) >= 11 is 6.43. The van der Waals surface area contributed by atoms with Crippen molar-refractivity contribution in [1.29, 1.82) is 0 Å². The zero-order chi connectivity index (χ0) is 16.2. The van der Waals surface area contributed by atoms with Crippen LogP contribution < -0.4 is 0 Å². The second-order valence-electron chi connectivity index (χ2n) is 6.00. The Labute approximate surface area is 142 Å². The molecule has 0 aromatic carbocycles. The first-order chi connectivity index (χ1) is 11.2. The fourth-order valence-corrected chi connectivity index (χ4v) is 3.31. The van der Waals surface area contributed by atoms with Crippen molar-refractivity contribution in [3.05, 3.63) is 34.9 Å². The van der Waals surface area contributed by atoms with Gasteiger partial charge >= 0.3 is 0 Å². The van der Waals surface area contributed by atoms with Gasteiger partial charge in [-0.25, -0.2) is 0 Å². The third-order valence-electron chi connectivity index (χ3n) is 4.25. The Morgan fingerprint density at radius 1 is 1.43 bits per heavy atom. The molecule has 0 radical (unpaired) electrons. The first-order valence-electron chi connectivity index (χ1n) is 8.19. The van der Waals surface area contributed by atoms with Gasteiger partial charge in [-0.2, -0.15) is 10.2 Å². The monoisotopic (exact) mass is 337 g/mol. The van der Waals surface area contributed by atoms with Gasteiger partial charge in [0.25, 0.3) is 0 Å². The molecule has 1 aliphatic heterocycles. The van der Waals surface area contributed by atoms with Crippen LogP contribution in [0.5, 0.6) is 0 Å². The molecule has 126 valence electrons. The van der Waals surface area contributed by atoms with Crippen molar-refractivity contribution in [3.8, 4) is 0 Å². The highest BCUT2D eigenvalue weighted by Crippen LogP contribution is 2.22. The molecule has 1 atom stereocenters. The lowest BCUT2D eigenvalue weighted by Gasteiger charge is -2.23. The van der Waals surface area contributed by atoms with Gasteiger partial charge in [0.05, 0.1) is 18.3 Å². The molecule has 1 aliphatic rings. The van der Waals surface area contributed by atoms with Crippen LogP contribution in [0.3, 0.4) is 0 Å². The molecule has 0 N–H and O–H groups in total. The molecular formula is C16H24ClN5O. The third-order valence-corrected chi connectivity index (χ3v) is 4.73. The zero-order valence-electron chi connectivity index (χ0n) is 13.8. The Morgan fingerprint density at radius 3 is 3.04 bits per heavy atom. The van der Waals surface area contributed by atoms with Crippen LogP contribution >= 0.6 is 11.6 Å². The second kappa shape index (κ2) is 7.47. The van der Waals surface area contributed by atoms with E-state index in [4.69, 9.17) is 16.3 Å². The van der Waals surface area contributed by atoms with Gasteiger partial charge in [0.15, 0.2) is 0 Å². The highest BCUT2D eigenvalue weighted by Gasteiger charge is 2.22. The van der Waals surface area contributed by atoms with Crippen molar-refractivity contribution < 1.29 is 4.74 Å². The summed E-state index contributed by atoms with van der Waals surface area (Å²) in [5.74, 6) is 0. The minimum atomic E-state index is 0.151. The van der Waals surface area contributed by atoms with Crippen LogP contribution in [-0.2, 0) is 31.3 Å². The second-order valence-corrected chi connectivity index (χ2v) is 6.36. The topological polar surface area (TPSA) is 48.1 Å². The van der Waals surface area contributed by atoms with Crippen LogP contribution in [0.4, 0.5) is 0 Å². The molecule has 1 fully saturated rings. The number of aryl methyl sites for hydroxylation is 2. The van der Waals surface area contributed by atoms with Crippen LogP contribution in [0.25, 0.3) is 0 Å². The van der Waals surface area contributed by atoms with Gasteiger partial charge in [-0.05, 0) is 18.9 Å². The third kappa shape index (κ3) is 3.94. The van der Waals surface area contributed by atoms with Gasteiger partial charge < -0.3 is 4.74 Å². The summed E-state index contributed by atoms with van der Waals surface area (Å²) in [4.78, 5) is 2.42. The summed E-state index contributed by atoms with van der Waals surface area (Å²) < 4.78 is 9.68. The summed E-state index contributed by atoms with van der Waals surface area (Å²) in [7, 11) is 1.90. The molecule has 0 aliphatic carbocycles. The molecule has 1 unspecified atom stereocenters. The Balaban J connectivity index is 1.69. The van der Waals surface area contributed by atoms with Gasteiger partial charge in [0.1, 0.15) is 5.15 Å². The molecule has 2 aromatic heterocycles. The van der Waals surface area contributed by atoms with Crippen molar-refractivity contribution in [3.63, 3.8) is 0 Å². The minimum Gasteiger partial charge on any atom is -0.375 e. The first kappa shape index (κ1) is 16.5. The van der Waals surface area contributed by atoms with Crippen LogP contribution in [-0.4, -0.2) is 50.3 Å². The fourth-order valence-electron chi connectivity index (χ4n) is 3.11. The summed E-state index contributed by atoms with van der Waals surface area (Å²) in [5, 5.41) is 9.53. The Kier molecular flexibility index (Phi) is 5.35. The quantitative estimate of drug-likeness (QED) is 0.838. The highest BCUT2D eigenvalue weighted by atomic mass is 35.5. The molecule has 3 heterocycles. The number of hydrogen-bond donors (Lipinski definition) is 0. The van der Waals surface area contributed by atoms with Crippen molar-refractivity contribution in [2.75, 3.05) is 19.7 Å². The lowest BCUT2D eigenvalue weighted by Crippen LogP contribution is -2.34. The van der Waals surface area contributed by atoms with E-state index in [1.807, 2.05) is 24.0 Å². The number of rotatable bonds is 5. The molecule has 1 saturated heterocycles. The average molecular weight is 338 g/mol. The lowest BCUT2D eigenvalue weighted by atomic mass is 10.2. The van der Waals surface area contributed by atoms with Crippen LogP contribution in [0.15, 0.2) is 18.5 Å². The molecule has 0 amide bonds. The maximum Gasteiger partial charge on any atom is 0.131 e. The maximum absolute atomic E-state index is 6.43. The number of aromatic nitrogens is 4. The minimum absolute atomic E-state index is 0.151. The number of nitrogens with zero attached hydrogens (tertiary/aromatic N) is 5. The molecule has 7 heteroatoms. The molecular weight excluding hydrogens is 314 g/mol. The van der Waals surface area contributed by atoms with E-state index in [-0.39, 0.29) is 6.10 Å². The average Bonchev–Trinajstić information content (AvgIpc) is 3.06. The molecule has 3 rings (SSSR count). The molecule has 23 heavy (non-hydrogen) atoms. The number of halogens is 1.